The maximum Gasteiger partial charge on any atom is 0.186 e. The number of nitriles is 2. The quantitative estimate of drug-likeness (QED) is 0.107. The third-order valence-corrected chi connectivity index (χ3v) is 13.8. The van der Waals surface area contributed by atoms with E-state index < -0.39 is 34.5 Å². The molecular formula is C64H40F4N6. The van der Waals surface area contributed by atoms with E-state index in [2.05, 4.69) is 76.7 Å². The first-order chi connectivity index (χ1) is 36.1. The second kappa shape index (κ2) is 18.1. The fraction of sp³-hybridized carbons (Fsp3) is 0.0312. The lowest BCUT2D eigenvalue weighted by atomic mass is 10.0. The molecule has 0 bridgehead atoms. The van der Waals surface area contributed by atoms with Crippen LogP contribution in [0.15, 0.2) is 206 Å². The minimum absolute atomic E-state index is 0.0974. The molecule has 0 aliphatic rings. The Bertz CT molecular complexity index is 4230. The number of fused-ring (bicyclic) bond motifs is 6. The highest BCUT2D eigenvalue weighted by Gasteiger charge is 2.32. The van der Waals surface area contributed by atoms with Gasteiger partial charge in [0.25, 0.3) is 0 Å². The lowest BCUT2D eigenvalue weighted by Gasteiger charge is -2.28. The Morgan fingerprint density at radius 1 is 0.365 bits per heavy atom. The average molecular weight is 969 g/mol. The molecule has 12 aromatic rings. The fourth-order valence-corrected chi connectivity index (χ4v) is 10.2. The van der Waals surface area contributed by atoms with Crippen LogP contribution in [0.5, 0.6) is 0 Å². The first-order valence-corrected chi connectivity index (χ1v) is 23.9. The number of rotatable bonds is 9. The van der Waals surface area contributed by atoms with Gasteiger partial charge in [0.1, 0.15) is 5.69 Å². The molecule has 0 spiro atoms. The second-order valence-electron chi connectivity index (χ2n) is 18.3. The predicted molar refractivity (Wildman–Crippen MR) is 289 cm³/mol. The third-order valence-electron chi connectivity index (χ3n) is 13.8. The largest absolute Gasteiger partial charge is 0.310 e. The van der Waals surface area contributed by atoms with E-state index >= 15 is 17.6 Å². The Morgan fingerprint density at radius 3 is 1.16 bits per heavy atom. The van der Waals surface area contributed by atoms with Crippen LogP contribution in [0.3, 0.4) is 0 Å². The Balaban J connectivity index is 0.973. The number of nitrogens with zero attached hydrogens (tertiary/aromatic N) is 6. The van der Waals surface area contributed by atoms with Crippen LogP contribution in [0, 0.1) is 59.8 Å². The van der Waals surface area contributed by atoms with Gasteiger partial charge < -0.3 is 18.9 Å². The van der Waals surface area contributed by atoms with Gasteiger partial charge in [-0.15, -0.1) is 0 Å². The number of halogens is 4. The molecule has 0 aliphatic carbocycles. The molecule has 0 aliphatic heterocycles. The van der Waals surface area contributed by atoms with E-state index in [0.717, 1.165) is 76.7 Å². The topological polar surface area (TPSA) is 63.9 Å². The van der Waals surface area contributed by atoms with Crippen molar-refractivity contribution in [1.82, 2.24) is 9.13 Å². The van der Waals surface area contributed by atoms with Crippen LogP contribution in [0.4, 0.5) is 51.7 Å². The molecule has 12 rings (SSSR count). The van der Waals surface area contributed by atoms with Gasteiger partial charge in [-0.1, -0.05) is 83.9 Å². The van der Waals surface area contributed by atoms with Crippen molar-refractivity contribution in [2.24, 2.45) is 0 Å². The highest BCUT2D eigenvalue weighted by Crippen LogP contribution is 2.46. The van der Waals surface area contributed by atoms with Crippen LogP contribution in [0.25, 0.3) is 66.1 Å². The summed E-state index contributed by atoms with van der Waals surface area (Å²) in [4.78, 5) is 3.09. The van der Waals surface area contributed by atoms with E-state index in [1.807, 2.05) is 96.8 Å². The number of aryl methyl sites for hydroxylation is 2. The zero-order valence-corrected chi connectivity index (χ0v) is 39.8. The van der Waals surface area contributed by atoms with Crippen molar-refractivity contribution in [2.45, 2.75) is 13.8 Å². The molecule has 0 saturated carbocycles. The monoisotopic (exact) mass is 968 g/mol. The van der Waals surface area contributed by atoms with Gasteiger partial charge in [-0.05, 0) is 153 Å². The maximum atomic E-state index is 17.1. The summed E-state index contributed by atoms with van der Waals surface area (Å²) >= 11 is 0. The van der Waals surface area contributed by atoms with Crippen LogP contribution >= 0.6 is 0 Å². The van der Waals surface area contributed by atoms with Crippen LogP contribution in [-0.2, 0) is 0 Å². The molecule has 6 nitrogen and oxygen atoms in total. The lowest BCUT2D eigenvalue weighted by Crippen LogP contribution is -2.16. The SMILES string of the molecule is Cc1ccc(-n2c3ccccc3c3cc(N(c4ccc(C#N)cc4)c4ccc(-c5c(F)c(F)c(N(c6ccc(C#N)cc6)c6ccc7c(c6)c6ccccc6n7-c6ccc(C)cc6)c(F)c5F)cc4)ccc32)cc1. The number of aromatic nitrogens is 2. The summed E-state index contributed by atoms with van der Waals surface area (Å²) in [6.45, 7) is 4.06. The van der Waals surface area contributed by atoms with Crippen LogP contribution in [0.1, 0.15) is 22.3 Å². The van der Waals surface area contributed by atoms with E-state index in [0.29, 0.717) is 16.9 Å². The third kappa shape index (κ3) is 7.48. The van der Waals surface area contributed by atoms with E-state index in [-0.39, 0.29) is 22.5 Å². The van der Waals surface area contributed by atoms with Crippen molar-refractivity contribution in [3.63, 3.8) is 0 Å². The first kappa shape index (κ1) is 45.3. The molecule has 10 aromatic carbocycles. The Hall–Kier alpha value is -9.90. The fourth-order valence-electron chi connectivity index (χ4n) is 10.2. The van der Waals surface area contributed by atoms with Crippen molar-refractivity contribution < 1.29 is 17.6 Å². The second-order valence-corrected chi connectivity index (χ2v) is 18.3. The van der Waals surface area contributed by atoms with Gasteiger partial charge in [-0.2, -0.15) is 10.5 Å². The van der Waals surface area contributed by atoms with Crippen molar-refractivity contribution in [3.05, 3.63) is 252 Å². The number of para-hydroxylation sites is 2. The van der Waals surface area contributed by atoms with E-state index in [9.17, 15) is 10.5 Å². The average Bonchev–Trinajstić information content (AvgIpc) is 3.95. The van der Waals surface area contributed by atoms with Crippen LogP contribution < -0.4 is 9.80 Å². The summed E-state index contributed by atoms with van der Waals surface area (Å²) < 4.78 is 72.5. The smallest absolute Gasteiger partial charge is 0.186 e. The molecule has 0 radical (unpaired) electrons. The van der Waals surface area contributed by atoms with Gasteiger partial charge in [-0.3, -0.25) is 0 Å². The van der Waals surface area contributed by atoms with Gasteiger partial charge in [0, 0.05) is 61.4 Å². The molecule has 0 amide bonds. The van der Waals surface area contributed by atoms with Crippen LogP contribution in [0.2, 0.25) is 0 Å². The van der Waals surface area contributed by atoms with E-state index in [1.165, 1.54) is 36.4 Å². The molecule has 0 saturated heterocycles. The number of hydrogen-bond acceptors (Lipinski definition) is 4. The number of hydrogen-bond donors (Lipinski definition) is 0. The zero-order valence-electron chi connectivity index (χ0n) is 39.8. The molecule has 2 aromatic heterocycles. The summed E-state index contributed by atoms with van der Waals surface area (Å²) in [6, 6.07) is 67.0. The molecule has 0 atom stereocenters. The van der Waals surface area contributed by atoms with Crippen molar-refractivity contribution >= 4 is 77.7 Å². The Morgan fingerprint density at radius 2 is 0.730 bits per heavy atom. The summed E-state index contributed by atoms with van der Waals surface area (Å²) in [5.41, 5.74) is 9.09. The Labute approximate surface area is 423 Å². The van der Waals surface area contributed by atoms with Crippen molar-refractivity contribution in [1.29, 1.82) is 10.5 Å². The molecule has 10 heteroatoms. The molecule has 0 fully saturated rings. The minimum atomic E-state index is -1.60. The first-order valence-electron chi connectivity index (χ1n) is 23.9. The Kier molecular flexibility index (Phi) is 11.0. The van der Waals surface area contributed by atoms with Gasteiger partial charge in [0.05, 0.1) is 50.9 Å². The van der Waals surface area contributed by atoms with Crippen molar-refractivity contribution in [2.75, 3.05) is 9.80 Å². The zero-order chi connectivity index (χ0) is 50.8. The van der Waals surface area contributed by atoms with Gasteiger partial charge in [-0.25, -0.2) is 17.6 Å². The molecule has 74 heavy (non-hydrogen) atoms. The maximum absolute atomic E-state index is 17.1. The molecule has 0 N–H and O–H groups in total. The standard InChI is InChI=1S/C64H40F4N6/c1-39-11-21-47(22-12-39)73-55-9-5-3-7-51(55)53-35-49(31-33-57(53)73)71(44-25-15-41(37-69)16-26-44)45-29-19-43(20-30-45)59-60(65)62(67)64(63(68)61(59)66)72(46-27-17-42(38-70)18-28-46)50-32-34-58-54(36-50)52-8-4-6-10-56(52)74(58)48-23-13-40(2)14-24-48/h3-36H,1-2H3. The number of benzene rings is 10. The normalized spacial score (nSPS) is 11.4. The number of anilines is 6. The highest BCUT2D eigenvalue weighted by molar-refractivity contribution is 6.12. The predicted octanol–water partition coefficient (Wildman–Crippen LogP) is 17.4. The van der Waals surface area contributed by atoms with Crippen molar-refractivity contribution in [3.8, 4) is 34.6 Å². The summed E-state index contributed by atoms with van der Waals surface area (Å²) in [5.74, 6) is -6.37. The van der Waals surface area contributed by atoms with Crippen LogP contribution in [-0.4, -0.2) is 9.13 Å². The lowest BCUT2D eigenvalue weighted by molar-refractivity contribution is 0.461. The van der Waals surface area contributed by atoms with Gasteiger partial charge >= 0.3 is 0 Å². The minimum Gasteiger partial charge on any atom is -0.310 e. The summed E-state index contributed by atoms with van der Waals surface area (Å²) in [5, 5.41) is 22.9. The summed E-state index contributed by atoms with van der Waals surface area (Å²) in [7, 11) is 0. The van der Waals surface area contributed by atoms with E-state index in [1.54, 1.807) is 36.4 Å². The summed E-state index contributed by atoms with van der Waals surface area (Å²) in [6.07, 6.45) is 0. The molecule has 354 valence electrons. The highest BCUT2D eigenvalue weighted by atomic mass is 19.2. The van der Waals surface area contributed by atoms with Gasteiger partial charge in [0.2, 0.25) is 0 Å². The molecular weight excluding hydrogens is 929 g/mol. The molecule has 0 unspecified atom stereocenters. The van der Waals surface area contributed by atoms with E-state index in [4.69, 9.17) is 0 Å². The van der Waals surface area contributed by atoms with Gasteiger partial charge in [0.15, 0.2) is 23.3 Å². The molecule has 2 heterocycles.